The predicted molar refractivity (Wildman–Crippen MR) is 23.8 cm³/mol. The molecule has 0 aromatic heterocycles. The Bertz CT molecular complexity index is 30.7. The Balaban J connectivity index is -0.0000000400. The van der Waals surface area contributed by atoms with Crippen molar-refractivity contribution in [1.29, 1.82) is 0 Å². The Labute approximate surface area is 68.4 Å². The van der Waals surface area contributed by atoms with Crippen LogP contribution in [0.3, 0.4) is 0 Å². The molecule has 0 bridgehead atoms. The number of rotatable bonds is 0. The van der Waals surface area contributed by atoms with Crippen LogP contribution in [0.25, 0.3) is 0 Å². The van der Waals surface area contributed by atoms with Gasteiger partial charge in [0.25, 0.3) is 0 Å². The molecule has 2 N–H and O–H groups in total. The van der Waals surface area contributed by atoms with Crippen LogP contribution in [0.4, 0.5) is 0 Å². The van der Waals surface area contributed by atoms with Crippen molar-refractivity contribution in [3.05, 3.63) is 15.0 Å². The van der Waals surface area contributed by atoms with Gasteiger partial charge in [0.05, 0.1) is 0 Å². The van der Waals surface area contributed by atoms with Crippen molar-refractivity contribution < 1.29 is 10.5 Å². The van der Waals surface area contributed by atoms with E-state index in [1.807, 2.05) is 0 Å². The number of hydrogen-bond donors (Lipinski definition) is 2. The SMILES string of the molecule is O=NO.O=[NH+][O-].[CaH2]. The van der Waals surface area contributed by atoms with E-state index < -0.39 is 0 Å². The molecule has 0 unspecified atom stereocenters. The van der Waals surface area contributed by atoms with E-state index in [0.29, 0.717) is 0 Å². The molecule has 0 spiro atoms. The van der Waals surface area contributed by atoms with Crippen LogP contribution in [0, 0.1) is 15.0 Å². The molecular weight excluding hydrogens is 132 g/mol. The Hall–Kier alpha value is 0.0597. The Morgan fingerprint density at radius 1 is 1.71 bits per heavy atom. The summed E-state index contributed by atoms with van der Waals surface area (Å²) in [5, 5.41) is 16.3. The number of nitrogens with one attached hydrogen (secondary N) is 1. The van der Waals surface area contributed by atoms with Crippen molar-refractivity contribution in [2.75, 3.05) is 0 Å². The van der Waals surface area contributed by atoms with Crippen LogP contribution in [0.1, 0.15) is 0 Å². The molecule has 0 aliphatic rings. The summed E-state index contributed by atoms with van der Waals surface area (Å²) < 4.78 is 0. The molecule has 0 rings (SSSR count). The fourth-order valence-electron chi connectivity index (χ4n) is 0. The summed E-state index contributed by atoms with van der Waals surface area (Å²) in [6.45, 7) is 0. The van der Waals surface area contributed by atoms with E-state index in [2.05, 4.69) is 0 Å². The third-order valence-corrected chi connectivity index (χ3v) is 0. The molecule has 7 heteroatoms. The quantitative estimate of drug-likeness (QED) is 0.167. The normalized spacial score (nSPS) is 3.43. The van der Waals surface area contributed by atoms with Gasteiger partial charge in [-0.25, -0.2) is 0 Å². The van der Waals surface area contributed by atoms with Crippen LogP contribution in [-0.2, 0) is 0 Å². The Morgan fingerprint density at radius 3 is 1.71 bits per heavy atom. The second-order valence-electron chi connectivity index (χ2n) is 0.165. The molecule has 6 nitrogen and oxygen atoms in total. The monoisotopic (exact) mass is 136 g/mol. The molecule has 0 aliphatic carbocycles. The molecule has 7 heavy (non-hydrogen) atoms. The minimum atomic E-state index is 0. The fourth-order valence-corrected chi connectivity index (χ4v) is 0. The van der Waals surface area contributed by atoms with Crippen molar-refractivity contribution >= 4 is 37.7 Å². The van der Waals surface area contributed by atoms with Crippen LogP contribution in [-0.4, -0.2) is 42.9 Å². The predicted octanol–water partition coefficient (Wildman–Crippen LogP) is -2.44. The molecular formula is H4CaN2O4. The van der Waals surface area contributed by atoms with E-state index in [1.165, 1.54) is 5.34 Å². The van der Waals surface area contributed by atoms with E-state index in [0.717, 1.165) is 0 Å². The van der Waals surface area contributed by atoms with Crippen molar-refractivity contribution in [1.82, 2.24) is 0 Å². The third-order valence-electron chi connectivity index (χ3n) is 0. The zero-order chi connectivity index (χ0) is 5.41. The zero-order valence-electron chi connectivity index (χ0n) is 2.62. The van der Waals surface area contributed by atoms with Crippen LogP contribution < -0.4 is 5.34 Å². The van der Waals surface area contributed by atoms with Gasteiger partial charge in [-0.05, 0) is 0 Å². The molecule has 0 aromatic rings. The van der Waals surface area contributed by atoms with E-state index in [4.69, 9.17) is 20.2 Å². The molecule has 0 amide bonds. The van der Waals surface area contributed by atoms with Gasteiger partial charge in [-0.15, -0.1) is 4.91 Å². The summed E-state index contributed by atoms with van der Waals surface area (Å²) in [7, 11) is 0. The van der Waals surface area contributed by atoms with Crippen LogP contribution in [0.2, 0.25) is 0 Å². The average Bonchev–Trinajstić information content (AvgIpc) is 1.39. The van der Waals surface area contributed by atoms with Crippen LogP contribution in [0.5, 0.6) is 0 Å². The van der Waals surface area contributed by atoms with E-state index >= 15 is 0 Å². The molecule has 40 valence electrons. The van der Waals surface area contributed by atoms with Gasteiger partial charge in [-0.1, -0.05) is 0 Å². The first kappa shape index (κ1) is 15.7. The summed E-state index contributed by atoms with van der Waals surface area (Å²) in [6.07, 6.45) is 0. The van der Waals surface area contributed by atoms with Gasteiger partial charge in [0.1, 0.15) is 0 Å². The van der Waals surface area contributed by atoms with Gasteiger partial charge >= 0.3 is 37.7 Å². The first-order valence-corrected chi connectivity index (χ1v) is 0.791. The molecule has 0 aromatic carbocycles. The summed E-state index contributed by atoms with van der Waals surface area (Å²) in [5.74, 6) is 0. The summed E-state index contributed by atoms with van der Waals surface area (Å²) in [5.41, 5.74) is 0. The van der Waals surface area contributed by atoms with E-state index in [9.17, 15) is 0 Å². The summed E-state index contributed by atoms with van der Waals surface area (Å²) >= 11 is 0. The average molecular weight is 136 g/mol. The summed E-state index contributed by atoms with van der Waals surface area (Å²) in [4.78, 5) is 16.2. The molecule has 0 atom stereocenters. The Morgan fingerprint density at radius 2 is 1.71 bits per heavy atom. The maximum atomic E-state index is 8.12. The van der Waals surface area contributed by atoms with Crippen molar-refractivity contribution in [3.8, 4) is 0 Å². The second-order valence-corrected chi connectivity index (χ2v) is 0.165. The van der Waals surface area contributed by atoms with Crippen molar-refractivity contribution in [2.45, 2.75) is 0 Å². The maximum absolute atomic E-state index is 8.12. The minimum absolute atomic E-state index is 0. The number of nitrogens with zero attached hydrogens (tertiary/aromatic N) is 1. The fraction of sp³-hybridized carbons (Fsp3) is 0. The van der Waals surface area contributed by atoms with E-state index in [-0.39, 0.29) is 43.1 Å². The topological polar surface area (TPSA) is 104 Å². The standard InChI is InChI=1S/Ca.2HNO2.2H/c;2*2-1-3;;/h;(H,2,3);1H;;. The first-order valence-electron chi connectivity index (χ1n) is 0.791. The van der Waals surface area contributed by atoms with Gasteiger partial charge < -0.3 is 5.21 Å². The van der Waals surface area contributed by atoms with Gasteiger partial charge in [0.2, 0.25) is 0 Å². The second kappa shape index (κ2) is 36.6. The molecule has 0 saturated carbocycles. The van der Waals surface area contributed by atoms with Gasteiger partial charge in [-0.2, -0.15) is 0 Å². The molecule has 0 saturated heterocycles. The van der Waals surface area contributed by atoms with Gasteiger partial charge in [0.15, 0.2) is 5.34 Å². The van der Waals surface area contributed by atoms with Crippen molar-refractivity contribution in [3.63, 3.8) is 0 Å². The van der Waals surface area contributed by atoms with Gasteiger partial charge in [0, 0.05) is 5.34 Å². The third kappa shape index (κ3) is 28000. The molecule has 0 radical (unpaired) electrons. The molecule has 0 fully saturated rings. The summed E-state index contributed by atoms with van der Waals surface area (Å²) in [6, 6.07) is 0. The number of hydrogen-bond acceptors (Lipinski definition) is 4. The first-order chi connectivity index (χ1) is 2.83. The van der Waals surface area contributed by atoms with Crippen LogP contribution in [0.15, 0.2) is 5.34 Å². The van der Waals surface area contributed by atoms with Gasteiger partial charge in [-0.3, -0.25) is 10.1 Å². The zero-order valence-corrected chi connectivity index (χ0v) is 2.62. The van der Waals surface area contributed by atoms with Crippen molar-refractivity contribution in [2.24, 2.45) is 5.34 Å². The Kier molecular flexibility index (Phi) is 82.2. The van der Waals surface area contributed by atoms with E-state index in [1.54, 1.807) is 0 Å². The molecule has 0 aliphatic heterocycles. The van der Waals surface area contributed by atoms with Crippen LogP contribution >= 0.6 is 0 Å². The molecule has 0 heterocycles.